The van der Waals surface area contributed by atoms with E-state index in [4.69, 9.17) is 0 Å². The molecule has 1 atom stereocenters. The molecule has 100 valence electrons. The average Bonchev–Trinajstić information content (AvgIpc) is 2.75. The summed E-state index contributed by atoms with van der Waals surface area (Å²) in [6.45, 7) is 2.30. The number of likely N-dealkylation sites (tertiary alicyclic amines) is 1. The van der Waals surface area contributed by atoms with Crippen LogP contribution in [-0.2, 0) is 6.61 Å². The summed E-state index contributed by atoms with van der Waals surface area (Å²) >= 11 is 3.50. The Morgan fingerprint density at radius 1 is 1.50 bits per heavy atom. The highest BCUT2D eigenvalue weighted by molar-refractivity contribution is 9.10. The van der Waals surface area contributed by atoms with Crippen LogP contribution in [0.3, 0.4) is 0 Å². The van der Waals surface area contributed by atoms with Gasteiger partial charge in [-0.2, -0.15) is 0 Å². The van der Waals surface area contributed by atoms with Crippen LogP contribution in [0.2, 0.25) is 0 Å². The van der Waals surface area contributed by atoms with E-state index in [2.05, 4.69) is 45.9 Å². The number of halogens is 1. The number of hydrogen-bond donors (Lipinski definition) is 1. The molecule has 1 aliphatic rings. The Morgan fingerprint density at radius 3 is 2.89 bits per heavy atom. The van der Waals surface area contributed by atoms with Gasteiger partial charge in [0.2, 0.25) is 0 Å². The van der Waals surface area contributed by atoms with Gasteiger partial charge in [-0.05, 0) is 38.6 Å². The first-order valence-electron chi connectivity index (χ1n) is 6.42. The van der Waals surface area contributed by atoms with Gasteiger partial charge >= 0.3 is 0 Å². The normalized spacial score (nSPS) is 20.3. The quantitative estimate of drug-likeness (QED) is 0.925. The Bertz CT molecular complexity index is 411. The molecule has 0 aromatic heterocycles. The number of rotatable bonds is 4. The van der Waals surface area contributed by atoms with Gasteiger partial charge in [0, 0.05) is 35.4 Å². The fourth-order valence-electron chi connectivity index (χ4n) is 2.65. The highest BCUT2D eigenvalue weighted by Crippen LogP contribution is 2.26. The number of aliphatic hydroxyl groups is 1. The second-order valence-corrected chi connectivity index (χ2v) is 6.00. The standard InChI is InChI=1S/C14H21BrN2O/c1-16-7-3-4-13(16)9-17(2)14-8-12(15)6-5-11(14)10-18/h5-6,8,13,18H,3-4,7,9-10H2,1-2H3. The van der Waals surface area contributed by atoms with E-state index in [0.29, 0.717) is 6.04 Å². The molecule has 1 N–H and O–H groups in total. The third-order valence-corrected chi connectivity index (χ3v) is 4.28. The number of aliphatic hydroxyl groups excluding tert-OH is 1. The Morgan fingerprint density at radius 2 is 2.28 bits per heavy atom. The fourth-order valence-corrected chi connectivity index (χ4v) is 3.00. The lowest BCUT2D eigenvalue weighted by molar-refractivity contribution is 0.281. The first-order chi connectivity index (χ1) is 8.61. The van der Waals surface area contributed by atoms with Gasteiger partial charge in [0.05, 0.1) is 6.61 Å². The summed E-state index contributed by atoms with van der Waals surface area (Å²) in [4.78, 5) is 4.68. The Balaban J connectivity index is 2.12. The minimum Gasteiger partial charge on any atom is -0.392 e. The Kier molecular flexibility index (Phi) is 4.65. The van der Waals surface area contributed by atoms with Crippen molar-refractivity contribution < 1.29 is 5.11 Å². The van der Waals surface area contributed by atoms with Crippen LogP contribution in [0.1, 0.15) is 18.4 Å². The van der Waals surface area contributed by atoms with Crippen molar-refractivity contribution in [2.45, 2.75) is 25.5 Å². The molecule has 1 aliphatic heterocycles. The summed E-state index contributed by atoms with van der Waals surface area (Å²) in [7, 11) is 4.30. The molecule has 0 radical (unpaired) electrons. The maximum Gasteiger partial charge on any atom is 0.0702 e. The van der Waals surface area contributed by atoms with Gasteiger partial charge in [0.1, 0.15) is 0 Å². The molecule has 1 aromatic rings. The van der Waals surface area contributed by atoms with E-state index >= 15 is 0 Å². The molecule has 1 fully saturated rings. The van der Waals surface area contributed by atoms with Crippen molar-refractivity contribution in [1.82, 2.24) is 4.90 Å². The minimum atomic E-state index is 0.0907. The topological polar surface area (TPSA) is 26.7 Å². The van der Waals surface area contributed by atoms with E-state index < -0.39 is 0 Å². The van der Waals surface area contributed by atoms with E-state index in [-0.39, 0.29) is 6.61 Å². The largest absolute Gasteiger partial charge is 0.392 e. The van der Waals surface area contributed by atoms with Gasteiger partial charge < -0.3 is 14.9 Å². The minimum absolute atomic E-state index is 0.0907. The first kappa shape index (κ1) is 13.8. The number of hydrogen-bond acceptors (Lipinski definition) is 3. The van der Waals surface area contributed by atoms with Crippen molar-refractivity contribution >= 4 is 21.6 Å². The van der Waals surface area contributed by atoms with Crippen molar-refractivity contribution in [2.75, 3.05) is 32.1 Å². The van der Waals surface area contributed by atoms with Gasteiger partial charge in [-0.25, -0.2) is 0 Å². The van der Waals surface area contributed by atoms with Gasteiger partial charge in [-0.15, -0.1) is 0 Å². The summed E-state index contributed by atoms with van der Waals surface area (Å²) in [6.07, 6.45) is 2.56. The third-order valence-electron chi connectivity index (χ3n) is 3.79. The summed E-state index contributed by atoms with van der Waals surface area (Å²) in [5.74, 6) is 0. The van der Waals surface area contributed by atoms with Gasteiger partial charge in [0.15, 0.2) is 0 Å². The van der Waals surface area contributed by atoms with Gasteiger partial charge in [0.25, 0.3) is 0 Å². The molecule has 0 amide bonds. The SMILES string of the molecule is CN(CC1CCCN1C)c1cc(Br)ccc1CO. The molecule has 4 heteroatoms. The first-order valence-corrected chi connectivity index (χ1v) is 7.21. The van der Waals surface area contributed by atoms with Crippen LogP contribution >= 0.6 is 15.9 Å². The number of anilines is 1. The molecule has 0 spiro atoms. The molecule has 3 nitrogen and oxygen atoms in total. The highest BCUT2D eigenvalue weighted by Gasteiger charge is 2.22. The molecule has 1 aromatic carbocycles. The van der Waals surface area contributed by atoms with Crippen LogP contribution in [-0.4, -0.2) is 43.2 Å². The lowest BCUT2D eigenvalue weighted by Crippen LogP contribution is -2.37. The predicted molar refractivity (Wildman–Crippen MR) is 79.0 cm³/mol. The molecule has 1 unspecified atom stereocenters. The van der Waals surface area contributed by atoms with Crippen molar-refractivity contribution in [1.29, 1.82) is 0 Å². The summed E-state index contributed by atoms with van der Waals surface area (Å²) in [5, 5.41) is 9.42. The molecule has 1 heterocycles. The van der Waals surface area contributed by atoms with E-state index in [0.717, 1.165) is 22.3 Å². The third kappa shape index (κ3) is 3.05. The Hall–Kier alpha value is -0.580. The Labute approximate surface area is 118 Å². The zero-order valence-electron chi connectivity index (χ0n) is 11.1. The lowest BCUT2D eigenvalue weighted by Gasteiger charge is -2.28. The number of likely N-dealkylation sites (N-methyl/N-ethyl adjacent to an activating group) is 2. The van der Waals surface area contributed by atoms with Crippen molar-refractivity contribution in [3.05, 3.63) is 28.2 Å². The number of benzene rings is 1. The van der Waals surface area contributed by atoms with E-state index in [1.54, 1.807) is 0 Å². The molecule has 0 saturated carbocycles. The second kappa shape index (κ2) is 6.04. The summed E-state index contributed by atoms with van der Waals surface area (Å²) < 4.78 is 1.06. The zero-order chi connectivity index (χ0) is 13.1. The molecular weight excluding hydrogens is 292 g/mol. The fraction of sp³-hybridized carbons (Fsp3) is 0.571. The molecule has 2 rings (SSSR count). The van der Waals surface area contributed by atoms with Crippen LogP contribution in [0.5, 0.6) is 0 Å². The summed E-state index contributed by atoms with van der Waals surface area (Å²) in [5.41, 5.74) is 2.11. The second-order valence-electron chi connectivity index (χ2n) is 5.09. The smallest absolute Gasteiger partial charge is 0.0702 e. The van der Waals surface area contributed by atoms with Crippen LogP contribution in [0.15, 0.2) is 22.7 Å². The van der Waals surface area contributed by atoms with E-state index in [1.807, 2.05) is 12.1 Å². The number of nitrogens with zero attached hydrogens (tertiary/aromatic N) is 2. The maximum absolute atomic E-state index is 9.42. The highest BCUT2D eigenvalue weighted by atomic mass is 79.9. The zero-order valence-corrected chi connectivity index (χ0v) is 12.7. The van der Waals surface area contributed by atoms with E-state index in [9.17, 15) is 5.11 Å². The van der Waals surface area contributed by atoms with E-state index in [1.165, 1.54) is 19.4 Å². The van der Waals surface area contributed by atoms with Crippen molar-refractivity contribution in [2.24, 2.45) is 0 Å². The molecule has 1 saturated heterocycles. The van der Waals surface area contributed by atoms with Crippen molar-refractivity contribution in [3.63, 3.8) is 0 Å². The molecule has 0 aliphatic carbocycles. The van der Waals surface area contributed by atoms with Crippen LogP contribution in [0.25, 0.3) is 0 Å². The maximum atomic E-state index is 9.42. The molecular formula is C14H21BrN2O. The molecule has 18 heavy (non-hydrogen) atoms. The molecule has 0 bridgehead atoms. The van der Waals surface area contributed by atoms with Crippen LogP contribution in [0.4, 0.5) is 5.69 Å². The van der Waals surface area contributed by atoms with Crippen LogP contribution < -0.4 is 4.90 Å². The average molecular weight is 313 g/mol. The lowest BCUT2D eigenvalue weighted by atomic mass is 10.1. The van der Waals surface area contributed by atoms with Gasteiger partial charge in [-0.3, -0.25) is 0 Å². The summed E-state index contributed by atoms with van der Waals surface area (Å²) in [6, 6.07) is 6.67. The van der Waals surface area contributed by atoms with Crippen LogP contribution in [0, 0.1) is 0 Å². The monoisotopic (exact) mass is 312 g/mol. The van der Waals surface area contributed by atoms with Crippen molar-refractivity contribution in [3.8, 4) is 0 Å². The van der Waals surface area contributed by atoms with Gasteiger partial charge in [-0.1, -0.05) is 22.0 Å². The predicted octanol–water partition coefficient (Wildman–Crippen LogP) is 2.47.